The average molecular weight is 868 g/mol. The quantitative estimate of drug-likeness (QED) is 0.0266. The van der Waals surface area contributed by atoms with Gasteiger partial charge in [0, 0.05) is 19.4 Å². The molecule has 0 spiro atoms. The number of rotatable bonds is 41. The second-order valence-corrected chi connectivity index (χ2v) is 16.0. The lowest BCUT2D eigenvalue weighted by atomic mass is 10.1. The van der Waals surface area contributed by atoms with Crippen LogP contribution >= 0.6 is 7.82 Å². The molecule has 0 radical (unpaired) electrons. The second kappa shape index (κ2) is 45.9. The van der Waals surface area contributed by atoms with Crippen molar-refractivity contribution in [3.05, 3.63) is 122 Å². The molecule has 0 aromatic rings. The van der Waals surface area contributed by atoms with E-state index in [1.54, 1.807) is 0 Å². The molecule has 0 amide bonds. The van der Waals surface area contributed by atoms with Crippen LogP contribution in [0.1, 0.15) is 155 Å². The lowest BCUT2D eigenvalue weighted by molar-refractivity contribution is -0.161. The Morgan fingerprint density at radius 2 is 0.934 bits per heavy atom. The molecule has 0 fully saturated rings. The number of phosphoric acid groups is 1. The number of hydrogen-bond donors (Lipinski definition) is 2. The first kappa shape index (κ1) is 57.4. The fourth-order valence-electron chi connectivity index (χ4n) is 5.47. The minimum atomic E-state index is -4.42. The van der Waals surface area contributed by atoms with E-state index < -0.39 is 32.5 Å². The number of esters is 2. The Morgan fingerprint density at radius 1 is 0.508 bits per heavy atom. The van der Waals surface area contributed by atoms with E-state index in [1.807, 2.05) is 18.2 Å². The summed E-state index contributed by atoms with van der Waals surface area (Å²) < 4.78 is 32.7. The fraction of sp³-hybridized carbons (Fsp3) is 0.569. The summed E-state index contributed by atoms with van der Waals surface area (Å²) in [7, 11) is -4.42. The van der Waals surface area contributed by atoms with Crippen molar-refractivity contribution in [1.82, 2.24) is 0 Å². The first-order valence-corrected chi connectivity index (χ1v) is 24.5. The van der Waals surface area contributed by atoms with Gasteiger partial charge in [-0.3, -0.25) is 18.6 Å². The molecule has 0 bridgehead atoms. The zero-order valence-corrected chi connectivity index (χ0v) is 38.7. The zero-order valence-electron chi connectivity index (χ0n) is 37.8. The van der Waals surface area contributed by atoms with Crippen LogP contribution in [0.3, 0.4) is 0 Å². The van der Waals surface area contributed by atoms with E-state index in [-0.39, 0.29) is 32.6 Å². The Bertz CT molecular complexity index is 1400. The molecule has 0 rings (SSSR count). The summed E-state index contributed by atoms with van der Waals surface area (Å²) in [6, 6.07) is 0. The number of hydrogen-bond acceptors (Lipinski definition) is 8. The number of carbonyl (C=O) groups is 2. The Kier molecular flexibility index (Phi) is 43.2. The summed E-state index contributed by atoms with van der Waals surface area (Å²) in [4.78, 5) is 34.9. The van der Waals surface area contributed by atoms with E-state index in [0.717, 1.165) is 57.8 Å². The molecule has 0 heterocycles. The maximum absolute atomic E-state index is 12.6. The third-order valence-corrected chi connectivity index (χ3v) is 9.83. The van der Waals surface area contributed by atoms with Crippen LogP contribution in [0, 0.1) is 0 Å². The smallest absolute Gasteiger partial charge is 0.462 e. The summed E-state index contributed by atoms with van der Waals surface area (Å²) in [5.41, 5.74) is 5.34. The molecule has 0 aliphatic heterocycles. The van der Waals surface area contributed by atoms with Crippen molar-refractivity contribution in [2.75, 3.05) is 26.4 Å². The molecular weight excluding hydrogens is 786 g/mol. The summed E-state index contributed by atoms with van der Waals surface area (Å²) in [5.74, 6) is -1.00. The lowest BCUT2D eigenvalue weighted by Gasteiger charge is -2.19. The van der Waals surface area contributed by atoms with E-state index in [2.05, 4.69) is 117 Å². The maximum Gasteiger partial charge on any atom is 0.472 e. The van der Waals surface area contributed by atoms with Crippen molar-refractivity contribution in [2.45, 2.75) is 161 Å². The van der Waals surface area contributed by atoms with Gasteiger partial charge < -0.3 is 20.1 Å². The Morgan fingerprint density at radius 3 is 1.41 bits per heavy atom. The molecule has 2 atom stereocenters. The van der Waals surface area contributed by atoms with Crippen LogP contribution < -0.4 is 5.73 Å². The van der Waals surface area contributed by atoms with E-state index in [9.17, 15) is 19.0 Å². The molecule has 0 aliphatic carbocycles. The molecule has 3 N–H and O–H groups in total. The minimum Gasteiger partial charge on any atom is -0.462 e. The highest BCUT2D eigenvalue weighted by atomic mass is 31.2. The van der Waals surface area contributed by atoms with Crippen LogP contribution in [-0.4, -0.2) is 49.3 Å². The van der Waals surface area contributed by atoms with Gasteiger partial charge in [0.25, 0.3) is 0 Å². The first-order chi connectivity index (χ1) is 29.8. The summed E-state index contributed by atoms with van der Waals surface area (Å²) in [5, 5.41) is 0. The van der Waals surface area contributed by atoms with Crippen LogP contribution in [0.25, 0.3) is 0 Å². The monoisotopic (exact) mass is 868 g/mol. The highest BCUT2D eigenvalue weighted by molar-refractivity contribution is 7.47. The van der Waals surface area contributed by atoms with Gasteiger partial charge in [-0.1, -0.05) is 174 Å². The van der Waals surface area contributed by atoms with E-state index in [1.165, 1.54) is 51.4 Å². The number of phosphoric ester groups is 1. The molecule has 0 saturated heterocycles. The van der Waals surface area contributed by atoms with Crippen LogP contribution in [0.4, 0.5) is 0 Å². The Labute approximate surface area is 371 Å². The molecule has 0 aromatic heterocycles. The molecule has 0 aromatic carbocycles. The largest absolute Gasteiger partial charge is 0.472 e. The SMILES string of the molecule is CC/C=C/C/C=C/C/C=C/C/C=C/C/C=C/C/C=C/CCC(=O)OC[C@H](COP(=O)(O)OCCN)OC(=O)CCC/C=C/C/C=C/C/C=C/C/C=C/CCCCCCCCC. The maximum atomic E-state index is 12.6. The van der Waals surface area contributed by atoms with Crippen LogP contribution in [-0.2, 0) is 32.7 Å². The third-order valence-electron chi connectivity index (χ3n) is 8.85. The van der Waals surface area contributed by atoms with Crippen molar-refractivity contribution in [3.63, 3.8) is 0 Å². The summed E-state index contributed by atoms with van der Waals surface area (Å²) in [6.45, 7) is 3.44. The summed E-state index contributed by atoms with van der Waals surface area (Å²) >= 11 is 0. The average Bonchev–Trinajstić information content (AvgIpc) is 3.25. The van der Waals surface area contributed by atoms with Gasteiger partial charge in [0.1, 0.15) is 6.61 Å². The van der Waals surface area contributed by atoms with Gasteiger partial charge in [-0.2, -0.15) is 0 Å². The predicted molar refractivity (Wildman–Crippen MR) is 256 cm³/mol. The van der Waals surface area contributed by atoms with Crippen molar-refractivity contribution < 1.29 is 37.6 Å². The Balaban J connectivity index is 4.37. The number of nitrogens with two attached hydrogens (primary N) is 1. The van der Waals surface area contributed by atoms with Crippen LogP contribution in [0.2, 0.25) is 0 Å². The molecular formula is C51H82NO8P. The minimum absolute atomic E-state index is 0.0281. The first-order valence-electron chi connectivity index (χ1n) is 23.0. The van der Waals surface area contributed by atoms with Crippen molar-refractivity contribution in [3.8, 4) is 0 Å². The Hall–Kier alpha value is -3.59. The molecule has 344 valence electrons. The van der Waals surface area contributed by atoms with E-state index >= 15 is 0 Å². The van der Waals surface area contributed by atoms with Gasteiger partial charge in [-0.15, -0.1) is 0 Å². The van der Waals surface area contributed by atoms with Gasteiger partial charge in [0.2, 0.25) is 0 Å². The molecule has 0 saturated carbocycles. The van der Waals surface area contributed by atoms with E-state index in [4.69, 9.17) is 24.3 Å². The second-order valence-electron chi connectivity index (χ2n) is 14.5. The van der Waals surface area contributed by atoms with Gasteiger partial charge in [-0.25, -0.2) is 4.57 Å². The normalized spacial score (nSPS) is 14.4. The topological polar surface area (TPSA) is 134 Å². The number of unbranched alkanes of at least 4 members (excludes halogenated alkanes) is 8. The highest BCUT2D eigenvalue weighted by Gasteiger charge is 2.25. The van der Waals surface area contributed by atoms with Crippen molar-refractivity contribution in [2.24, 2.45) is 5.73 Å². The van der Waals surface area contributed by atoms with Crippen LogP contribution in [0.15, 0.2) is 122 Å². The number of carbonyl (C=O) groups excluding carboxylic acids is 2. The zero-order chi connectivity index (χ0) is 44.6. The molecule has 9 nitrogen and oxygen atoms in total. The van der Waals surface area contributed by atoms with Gasteiger partial charge in [0.15, 0.2) is 6.10 Å². The van der Waals surface area contributed by atoms with Crippen molar-refractivity contribution in [1.29, 1.82) is 0 Å². The predicted octanol–water partition coefficient (Wildman–Crippen LogP) is 13.7. The fourth-order valence-corrected chi connectivity index (χ4v) is 6.24. The number of allylic oxidation sites excluding steroid dienone is 20. The van der Waals surface area contributed by atoms with Gasteiger partial charge in [-0.05, 0) is 89.9 Å². The molecule has 1 unspecified atom stereocenters. The van der Waals surface area contributed by atoms with Gasteiger partial charge >= 0.3 is 19.8 Å². The summed E-state index contributed by atoms with van der Waals surface area (Å²) in [6.07, 6.45) is 62.6. The van der Waals surface area contributed by atoms with Gasteiger partial charge in [0.05, 0.1) is 13.2 Å². The van der Waals surface area contributed by atoms with Crippen LogP contribution in [0.5, 0.6) is 0 Å². The van der Waals surface area contributed by atoms with E-state index in [0.29, 0.717) is 19.3 Å². The lowest BCUT2D eigenvalue weighted by Crippen LogP contribution is -2.29. The third kappa shape index (κ3) is 45.8. The van der Waals surface area contributed by atoms with Crippen molar-refractivity contribution >= 4 is 19.8 Å². The standard InChI is InChI=1S/C51H82NO8P/c1-3-5-7-9-11-13-15-17-19-21-23-24-26-28-30-32-34-36-38-40-42-44-51(54)60-49(48-59-61(55,56)58-46-45-52)47-57-50(53)43-41-39-37-35-33-31-29-27-25-22-20-18-16-14-12-10-8-6-4-2/h6,8,12,14,18-21,24-27,30-33,36-39,49H,3-5,7,9-11,13,15-17,22-23,28-29,34-35,40-48,52H2,1-2H3,(H,55,56)/b8-6+,14-12+,20-18+,21-19+,26-24+,27-25+,32-30+,33-31+,38-36+,39-37+/t49-/m1/s1. The molecule has 0 aliphatic rings. The molecule has 61 heavy (non-hydrogen) atoms. The highest BCUT2D eigenvalue weighted by Crippen LogP contribution is 2.43. The number of ether oxygens (including phenoxy) is 2. The molecule has 10 heteroatoms.